The van der Waals surface area contributed by atoms with Crippen LogP contribution in [0.5, 0.6) is 5.75 Å². The summed E-state index contributed by atoms with van der Waals surface area (Å²) in [5, 5.41) is 0. The topological polar surface area (TPSA) is 18.5 Å². The molecule has 1 aromatic carbocycles. The van der Waals surface area contributed by atoms with E-state index in [1.54, 1.807) is 7.11 Å². The Morgan fingerprint density at radius 2 is 1.94 bits per heavy atom. The fourth-order valence-electron chi connectivity index (χ4n) is 1.52. The molecular weight excluding hydrogens is 327 g/mol. The maximum absolute atomic E-state index is 5.64. The molecule has 3 heteroatoms. The minimum Gasteiger partial charge on any atom is -0.497 e. The molecule has 0 bridgehead atoms. The summed E-state index contributed by atoms with van der Waals surface area (Å²) in [6, 6.07) is 8.03. The molecule has 1 aromatic rings. The second-order valence-corrected chi connectivity index (χ2v) is 5.18. The van der Waals surface area contributed by atoms with Gasteiger partial charge in [0.05, 0.1) is 13.7 Å². The second-order valence-electron chi connectivity index (χ2n) is 4.30. The third kappa shape index (κ3) is 6.27. The molecule has 1 atom stereocenters. The van der Waals surface area contributed by atoms with Gasteiger partial charge in [-0.3, -0.25) is 0 Å². The predicted molar refractivity (Wildman–Crippen MR) is 79.9 cm³/mol. The molecule has 0 aliphatic heterocycles. The van der Waals surface area contributed by atoms with E-state index in [1.165, 1.54) is 16.4 Å². The van der Waals surface area contributed by atoms with Gasteiger partial charge in [-0.1, -0.05) is 41.6 Å². The lowest BCUT2D eigenvalue weighted by Crippen LogP contribution is -2.00. The van der Waals surface area contributed by atoms with Gasteiger partial charge in [0.2, 0.25) is 0 Å². The van der Waals surface area contributed by atoms with Crippen molar-refractivity contribution in [2.24, 2.45) is 5.92 Å². The number of ether oxygens (including phenoxy) is 2. The predicted octanol–water partition coefficient (Wildman–Crippen LogP) is 4.06. The smallest absolute Gasteiger partial charge is 0.118 e. The SMILES string of the molecule is COc1ccc(COCCCC(C)CI)cc1. The van der Waals surface area contributed by atoms with Gasteiger partial charge in [0.1, 0.15) is 5.75 Å². The first-order chi connectivity index (χ1) is 8.26. The Morgan fingerprint density at radius 1 is 1.24 bits per heavy atom. The number of hydrogen-bond acceptors (Lipinski definition) is 2. The molecule has 0 aliphatic rings. The van der Waals surface area contributed by atoms with Crippen LogP contribution in [-0.4, -0.2) is 18.1 Å². The van der Waals surface area contributed by atoms with Crippen LogP contribution in [0.4, 0.5) is 0 Å². The molecule has 0 aromatic heterocycles. The van der Waals surface area contributed by atoms with Gasteiger partial charge in [-0.15, -0.1) is 0 Å². The second kappa shape index (κ2) is 8.75. The van der Waals surface area contributed by atoms with Crippen LogP contribution in [0, 0.1) is 5.92 Å². The Hall–Kier alpha value is -0.290. The Kier molecular flexibility index (Phi) is 7.60. The quantitative estimate of drug-likeness (QED) is 0.401. The van der Waals surface area contributed by atoms with E-state index in [1.807, 2.05) is 24.3 Å². The third-order valence-corrected chi connectivity index (χ3v) is 4.18. The van der Waals surface area contributed by atoms with E-state index in [0.29, 0.717) is 6.61 Å². The molecule has 17 heavy (non-hydrogen) atoms. The van der Waals surface area contributed by atoms with Crippen molar-refractivity contribution < 1.29 is 9.47 Å². The average molecular weight is 348 g/mol. The first-order valence-electron chi connectivity index (χ1n) is 6.03. The molecule has 0 fully saturated rings. The highest BCUT2D eigenvalue weighted by Gasteiger charge is 1.99. The van der Waals surface area contributed by atoms with E-state index in [9.17, 15) is 0 Å². The van der Waals surface area contributed by atoms with E-state index >= 15 is 0 Å². The number of rotatable bonds is 8. The molecule has 1 rings (SSSR count). The van der Waals surface area contributed by atoms with Gasteiger partial charge >= 0.3 is 0 Å². The molecule has 0 N–H and O–H groups in total. The van der Waals surface area contributed by atoms with E-state index in [0.717, 1.165) is 24.7 Å². The average Bonchev–Trinajstić information content (AvgIpc) is 2.38. The molecule has 0 radical (unpaired) electrons. The number of hydrogen-bond donors (Lipinski definition) is 0. The van der Waals surface area contributed by atoms with Crippen molar-refractivity contribution in [1.82, 2.24) is 0 Å². The zero-order valence-electron chi connectivity index (χ0n) is 10.6. The highest BCUT2D eigenvalue weighted by Crippen LogP contribution is 2.13. The summed E-state index contributed by atoms with van der Waals surface area (Å²) in [6.45, 7) is 3.84. The molecule has 0 spiro atoms. The van der Waals surface area contributed by atoms with Crippen LogP contribution < -0.4 is 4.74 Å². The standard InChI is InChI=1S/C14H21IO2/c1-12(10-15)4-3-9-17-11-13-5-7-14(16-2)8-6-13/h5-8,12H,3-4,9-11H2,1-2H3. The normalized spacial score (nSPS) is 12.4. The van der Waals surface area contributed by atoms with Crippen molar-refractivity contribution in [3.8, 4) is 5.75 Å². The van der Waals surface area contributed by atoms with Crippen LogP contribution in [0.25, 0.3) is 0 Å². The summed E-state index contributed by atoms with van der Waals surface area (Å²) in [5.41, 5.74) is 1.20. The van der Waals surface area contributed by atoms with Crippen LogP contribution in [0.2, 0.25) is 0 Å². The number of alkyl halides is 1. The van der Waals surface area contributed by atoms with Gasteiger partial charge < -0.3 is 9.47 Å². The lowest BCUT2D eigenvalue weighted by Gasteiger charge is -2.08. The third-order valence-electron chi connectivity index (χ3n) is 2.68. The number of halogens is 1. The first-order valence-corrected chi connectivity index (χ1v) is 7.55. The molecule has 0 saturated heterocycles. The van der Waals surface area contributed by atoms with E-state index in [4.69, 9.17) is 9.47 Å². The van der Waals surface area contributed by atoms with Crippen molar-refractivity contribution in [2.75, 3.05) is 18.1 Å². The summed E-state index contributed by atoms with van der Waals surface area (Å²) < 4.78 is 12.0. The minimum absolute atomic E-state index is 0.697. The van der Waals surface area contributed by atoms with Crippen LogP contribution in [-0.2, 0) is 11.3 Å². The number of methoxy groups -OCH3 is 1. The number of benzene rings is 1. The molecular formula is C14H21IO2. The monoisotopic (exact) mass is 348 g/mol. The fraction of sp³-hybridized carbons (Fsp3) is 0.571. The maximum atomic E-state index is 5.64. The molecule has 0 heterocycles. The van der Waals surface area contributed by atoms with Crippen LogP contribution in [0.1, 0.15) is 25.3 Å². The van der Waals surface area contributed by atoms with Gasteiger partial charge in [0.15, 0.2) is 0 Å². The van der Waals surface area contributed by atoms with Crippen molar-refractivity contribution in [1.29, 1.82) is 0 Å². The highest BCUT2D eigenvalue weighted by molar-refractivity contribution is 14.1. The molecule has 0 amide bonds. The zero-order valence-corrected chi connectivity index (χ0v) is 12.8. The fourth-order valence-corrected chi connectivity index (χ4v) is 1.96. The lowest BCUT2D eigenvalue weighted by molar-refractivity contribution is 0.115. The molecule has 0 saturated carbocycles. The lowest BCUT2D eigenvalue weighted by atomic mass is 10.1. The summed E-state index contributed by atoms with van der Waals surface area (Å²) >= 11 is 2.44. The van der Waals surface area contributed by atoms with Gasteiger partial charge in [-0.05, 0) is 36.5 Å². The molecule has 2 nitrogen and oxygen atoms in total. The van der Waals surface area contributed by atoms with Crippen LogP contribution in [0.3, 0.4) is 0 Å². The van der Waals surface area contributed by atoms with Crippen LogP contribution >= 0.6 is 22.6 Å². The largest absolute Gasteiger partial charge is 0.497 e. The van der Waals surface area contributed by atoms with Crippen molar-refractivity contribution >= 4 is 22.6 Å². The van der Waals surface area contributed by atoms with Gasteiger partial charge in [-0.2, -0.15) is 0 Å². The van der Waals surface area contributed by atoms with Crippen molar-refractivity contribution in [2.45, 2.75) is 26.4 Å². The zero-order chi connectivity index (χ0) is 12.5. The molecule has 96 valence electrons. The Morgan fingerprint density at radius 3 is 2.53 bits per heavy atom. The summed E-state index contributed by atoms with van der Waals surface area (Å²) in [5.74, 6) is 1.70. The summed E-state index contributed by atoms with van der Waals surface area (Å²) in [7, 11) is 1.68. The van der Waals surface area contributed by atoms with Crippen molar-refractivity contribution in [3.05, 3.63) is 29.8 Å². The summed E-state index contributed by atoms with van der Waals surface area (Å²) in [6.07, 6.45) is 2.41. The van der Waals surface area contributed by atoms with Crippen LogP contribution in [0.15, 0.2) is 24.3 Å². The minimum atomic E-state index is 0.697. The van der Waals surface area contributed by atoms with E-state index in [-0.39, 0.29) is 0 Å². The Balaban J connectivity index is 2.13. The van der Waals surface area contributed by atoms with Gasteiger partial charge in [-0.25, -0.2) is 0 Å². The highest BCUT2D eigenvalue weighted by atomic mass is 127. The van der Waals surface area contributed by atoms with Gasteiger partial charge in [0, 0.05) is 11.0 Å². The first kappa shape index (κ1) is 14.8. The summed E-state index contributed by atoms with van der Waals surface area (Å²) in [4.78, 5) is 0. The van der Waals surface area contributed by atoms with E-state index in [2.05, 4.69) is 29.5 Å². The Bertz CT molecular complexity index is 298. The molecule has 1 unspecified atom stereocenters. The van der Waals surface area contributed by atoms with Crippen molar-refractivity contribution in [3.63, 3.8) is 0 Å². The maximum Gasteiger partial charge on any atom is 0.118 e. The molecule has 0 aliphatic carbocycles. The van der Waals surface area contributed by atoms with E-state index < -0.39 is 0 Å². The van der Waals surface area contributed by atoms with Gasteiger partial charge in [0.25, 0.3) is 0 Å². The Labute approximate surface area is 118 Å².